The number of hydrogen-bond acceptors (Lipinski definition) is 4. The predicted octanol–water partition coefficient (Wildman–Crippen LogP) is 2.35. The number of nitrogens with zero attached hydrogens (tertiary/aromatic N) is 4. The second kappa shape index (κ2) is 4.07. The Morgan fingerprint density at radius 2 is 2.00 bits per heavy atom. The maximum Gasteiger partial charge on any atom is 0.453 e. The molecule has 0 radical (unpaired) electrons. The summed E-state index contributed by atoms with van der Waals surface area (Å²) >= 11 is 0. The van der Waals surface area contributed by atoms with E-state index in [9.17, 15) is 13.2 Å². The molecular formula is C11H12F3N5. The Balaban J connectivity index is 1.90. The fourth-order valence-electron chi connectivity index (χ4n) is 2.27. The Hall–Kier alpha value is -1.86. The van der Waals surface area contributed by atoms with E-state index < -0.39 is 12.0 Å². The van der Waals surface area contributed by atoms with E-state index in [2.05, 4.69) is 27.5 Å². The third kappa shape index (κ3) is 2.22. The van der Waals surface area contributed by atoms with Gasteiger partial charge in [0.25, 0.3) is 5.82 Å². The van der Waals surface area contributed by atoms with Crippen molar-refractivity contribution in [1.29, 1.82) is 0 Å². The standard InChI is InChI=1S/C11H12F3N5/c1-6-4-7(5-6)15-8-2-3-9-16-17-10(11(12,13)14)19(9)18-8/h2-3,6-7H,4-5H2,1H3,(H,15,18). The smallest absolute Gasteiger partial charge is 0.366 e. The zero-order valence-electron chi connectivity index (χ0n) is 10.1. The van der Waals surface area contributed by atoms with E-state index in [4.69, 9.17) is 0 Å². The molecule has 0 saturated heterocycles. The number of rotatable bonds is 2. The number of anilines is 1. The molecule has 0 spiro atoms. The second-order valence-electron chi connectivity index (χ2n) is 4.93. The van der Waals surface area contributed by atoms with Crippen LogP contribution in [0.15, 0.2) is 12.1 Å². The summed E-state index contributed by atoms with van der Waals surface area (Å²) in [5.41, 5.74) is 0.0832. The maximum absolute atomic E-state index is 12.7. The largest absolute Gasteiger partial charge is 0.453 e. The van der Waals surface area contributed by atoms with Crippen molar-refractivity contribution in [1.82, 2.24) is 19.8 Å². The number of aromatic nitrogens is 4. The van der Waals surface area contributed by atoms with E-state index in [0.717, 1.165) is 17.4 Å². The first-order valence-corrected chi connectivity index (χ1v) is 5.99. The van der Waals surface area contributed by atoms with Crippen molar-refractivity contribution in [2.45, 2.75) is 32.0 Å². The fourth-order valence-corrected chi connectivity index (χ4v) is 2.27. The first-order valence-electron chi connectivity index (χ1n) is 5.99. The SMILES string of the molecule is CC1CC(Nc2ccc3nnc(C(F)(F)F)n3n2)C1. The van der Waals surface area contributed by atoms with Crippen LogP contribution in [-0.4, -0.2) is 25.9 Å². The van der Waals surface area contributed by atoms with Gasteiger partial charge in [-0.1, -0.05) is 6.92 Å². The lowest BCUT2D eigenvalue weighted by molar-refractivity contribution is -0.146. The molecule has 5 nitrogen and oxygen atoms in total. The predicted molar refractivity (Wildman–Crippen MR) is 61.6 cm³/mol. The van der Waals surface area contributed by atoms with Crippen molar-refractivity contribution in [3.05, 3.63) is 18.0 Å². The van der Waals surface area contributed by atoms with E-state index in [1.54, 1.807) is 6.07 Å². The molecule has 1 aliphatic rings. The molecule has 1 fully saturated rings. The molecule has 0 aromatic carbocycles. The van der Waals surface area contributed by atoms with Gasteiger partial charge in [0.05, 0.1) is 0 Å². The Bertz CT molecular complexity index is 600. The molecule has 0 unspecified atom stereocenters. The van der Waals surface area contributed by atoms with Gasteiger partial charge in [-0.3, -0.25) is 0 Å². The van der Waals surface area contributed by atoms with E-state index in [1.165, 1.54) is 6.07 Å². The molecule has 2 heterocycles. The van der Waals surface area contributed by atoms with Crippen molar-refractivity contribution >= 4 is 11.5 Å². The van der Waals surface area contributed by atoms with Crippen LogP contribution in [0.25, 0.3) is 5.65 Å². The van der Waals surface area contributed by atoms with Gasteiger partial charge in [-0.05, 0) is 30.9 Å². The Morgan fingerprint density at radius 1 is 1.26 bits per heavy atom. The lowest BCUT2D eigenvalue weighted by atomic mass is 9.82. The van der Waals surface area contributed by atoms with E-state index in [0.29, 0.717) is 11.7 Å². The third-order valence-electron chi connectivity index (χ3n) is 3.24. The summed E-state index contributed by atoms with van der Waals surface area (Å²) < 4.78 is 38.8. The summed E-state index contributed by atoms with van der Waals surface area (Å²) in [5, 5.41) is 13.6. The van der Waals surface area contributed by atoms with Gasteiger partial charge in [0.2, 0.25) is 0 Å². The molecule has 102 valence electrons. The Morgan fingerprint density at radius 3 is 2.63 bits per heavy atom. The van der Waals surface area contributed by atoms with Crippen LogP contribution in [0.3, 0.4) is 0 Å². The summed E-state index contributed by atoms with van der Waals surface area (Å²) in [5.74, 6) is -0.0373. The fraction of sp³-hybridized carbons (Fsp3) is 0.545. The second-order valence-corrected chi connectivity index (χ2v) is 4.93. The van der Waals surface area contributed by atoms with Gasteiger partial charge in [0, 0.05) is 6.04 Å². The van der Waals surface area contributed by atoms with Gasteiger partial charge >= 0.3 is 6.18 Å². The number of hydrogen-bond donors (Lipinski definition) is 1. The molecule has 0 atom stereocenters. The molecule has 2 aromatic rings. The van der Waals surface area contributed by atoms with Gasteiger partial charge in [-0.15, -0.1) is 15.3 Å². The molecule has 3 rings (SSSR count). The molecule has 8 heteroatoms. The van der Waals surface area contributed by atoms with Gasteiger partial charge in [0.1, 0.15) is 5.82 Å². The summed E-state index contributed by atoms with van der Waals surface area (Å²) in [6.45, 7) is 2.14. The minimum Gasteiger partial charge on any atom is -0.366 e. The van der Waals surface area contributed by atoms with Crippen LogP contribution in [0.4, 0.5) is 19.0 Å². The highest BCUT2D eigenvalue weighted by Crippen LogP contribution is 2.30. The zero-order chi connectivity index (χ0) is 13.6. The molecule has 0 aliphatic heterocycles. The number of nitrogens with one attached hydrogen (secondary N) is 1. The quantitative estimate of drug-likeness (QED) is 0.911. The van der Waals surface area contributed by atoms with Crippen LogP contribution in [-0.2, 0) is 6.18 Å². The zero-order valence-corrected chi connectivity index (χ0v) is 10.1. The minimum absolute atomic E-state index is 0.0832. The lowest BCUT2D eigenvalue weighted by Crippen LogP contribution is -2.34. The van der Waals surface area contributed by atoms with Crippen LogP contribution < -0.4 is 5.32 Å². The molecular weight excluding hydrogens is 259 g/mol. The lowest BCUT2D eigenvalue weighted by Gasteiger charge is -2.33. The van der Waals surface area contributed by atoms with Gasteiger partial charge in [0.15, 0.2) is 5.65 Å². The van der Waals surface area contributed by atoms with E-state index in [1.807, 2.05) is 0 Å². The first-order chi connectivity index (χ1) is 8.93. The van der Waals surface area contributed by atoms with E-state index in [-0.39, 0.29) is 11.7 Å². The Labute approximate surface area is 106 Å². The summed E-state index contributed by atoms with van der Waals surface area (Å²) in [6.07, 6.45) is -2.54. The molecule has 0 bridgehead atoms. The monoisotopic (exact) mass is 271 g/mol. The Kier molecular flexibility index (Phi) is 2.61. The molecule has 19 heavy (non-hydrogen) atoms. The minimum atomic E-state index is -4.56. The molecule has 0 amide bonds. The summed E-state index contributed by atoms with van der Waals surface area (Å²) in [7, 11) is 0. The molecule has 2 aromatic heterocycles. The number of alkyl halides is 3. The van der Waals surface area contributed by atoms with Crippen molar-refractivity contribution < 1.29 is 13.2 Å². The van der Waals surface area contributed by atoms with E-state index >= 15 is 0 Å². The van der Waals surface area contributed by atoms with Crippen LogP contribution in [0.1, 0.15) is 25.6 Å². The van der Waals surface area contributed by atoms with Crippen molar-refractivity contribution in [3.63, 3.8) is 0 Å². The highest BCUT2D eigenvalue weighted by molar-refractivity contribution is 5.44. The van der Waals surface area contributed by atoms with Gasteiger partial charge in [-0.2, -0.15) is 17.7 Å². The van der Waals surface area contributed by atoms with Crippen LogP contribution >= 0.6 is 0 Å². The first kappa shape index (κ1) is 12.2. The van der Waals surface area contributed by atoms with Crippen molar-refractivity contribution in [3.8, 4) is 0 Å². The number of halogens is 3. The maximum atomic E-state index is 12.7. The van der Waals surface area contributed by atoms with Gasteiger partial charge < -0.3 is 5.32 Å². The molecule has 1 aliphatic carbocycles. The summed E-state index contributed by atoms with van der Waals surface area (Å²) in [4.78, 5) is 0. The van der Waals surface area contributed by atoms with Crippen LogP contribution in [0.5, 0.6) is 0 Å². The number of fused-ring (bicyclic) bond motifs is 1. The van der Waals surface area contributed by atoms with Crippen molar-refractivity contribution in [2.75, 3.05) is 5.32 Å². The highest BCUT2D eigenvalue weighted by Gasteiger charge is 2.37. The molecule has 1 N–H and O–H groups in total. The van der Waals surface area contributed by atoms with Gasteiger partial charge in [-0.25, -0.2) is 0 Å². The van der Waals surface area contributed by atoms with Crippen LogP contribution in [0, 0.1) is 5.92 Å². The third-order valence-corrected chi connectivity index (χ3v) is 3.24. The highest BCUT2D eigenvalue weighted by atomic mass is 19.4. The average Bonchev–Trinajstić information content (AvgIpc) is 2.69. The van der Waals surface area contributed by atoms with Crippen molar-refractivity contribution in [2.24, 2.45) is 5.92 Å². The average molecular weight is 271 g/mol. The molecule has 1 saturated carbocycles. The van der Waals surface area contributed by atoms with Crippen LogP contribution in [0.2, 0.25) is 0 Å². The summed E-state index contributed by atoms with van der Waals surface area (Å²) in [6, 6.07) is 3.37. The normalized spacial score (nSPS) is 23.4. The topological polar surface area (TPSA) is 55.1 Å².